The maximum atomic E-state index is 12.5. The second-order valence-electron chi connectivity index (χ2n) is 7.85. The van der Waals surface area contributed by atoms with Crippen LogP contribution in [0, 0.1) is 10.1 Å². The number of nitrogens with zero attached hydrogens (tertiary/aromatic N) is 4. The number of methoxy groups -OCH3 is 1. The molecule has 2 amide bonds. The molecule has 0 atom stereocenters. The summed E-state index contributed by atoms with van der Waals surface area (Å²) < 4.78 is 6.73. The Balaban J connectivity index is 1.38. The summed E-state index contributed by atoms with van der Waals surface area (Å²) >= 11 is 7.22. The minimum Gasteiger partial charge on any atom is -0.496 e. The van der Waals surface area contributed by atoms with E-state index in [2.05, 4.69) is 20.8 Å². The largest absolute Gasteiger partial charge is 0.496 e. The highest BCUT2D eigenvalue weighted by atomic mass is 35.5. The number of halogens is 1. The molecule has 3 aromatic carbocycles. The first-order chi connectivity index (χ1) is 18.3. The maximum Gasteiger partial charge on any atom is 0.296 e. The molecule has 0 aliphatic carbocycles. The number of amides is 2. The Morgan fingerprint density at radius 3 is 2.50 bits per heavy atom. The first-order valence-corrected chi connectivity index (χ1v) is 12.4. The zero-order valence-corrected chi connectivity index (χ0v) is 21.7. The zero-order valence-electron chi connectivity index (χ0n) is 20.2. The molecule has 194 valence electrons. The molecule has 0 aliphatic heterocycles. The molecule has 13 heteroatoms. The third-order valence-electron chi connectivity index (χ3n) is 5.36. The SMILES string of the molecule is COc1ccc(NC(=O)CSc2nnc(-c3ccc(NC(=O)c4ccccc4Cl)cc3)n2C)c([N+](=O)[O-])c1. The normalized spacial score (nSPS) is 10.6. The van der Waals surface area contributed by atoms with Gasteiger partial charge in [-0.25, -0.2) is 0 Å². The third-order valence-corrected chi connectivity index (χ3v) is 6.71. The number of nitrogens with one attached hydrogen (secondary N) is 2. The van der Waals surface area contributed by atoms with Crippen LogP contribution in [0.15, 0.2) is 71.9 Å². The summed E-state index contributed by atoms with van der Waals surface area (Å²) in [4.78, 5) is 35.7. The standard InChI is InChI=1S/C25H21ClN6O5S/c1-31-23(15-7-9-16(10-8-15)27-24(34)18-5-3-4-6-19(18)26)29-30-25(31)38-14-22(33)28-20-12-11-17(37-2)13-21(20)32(35)36/h3-13H,14H2,1-2H3,(H,27,34)(H,28,33). The molecule has 0 spiro atoms. The number of nitro benzene ring substituents is 1. The number of carbonyl (C=O) groups is 2. The van der Waals surface area contributed by atoms with Gasteiger partial charge in [-0.2, -0.15) is 0 Å². The van der Waals surface area contributed by atoms with Gasteiger partial charge in [-0.1, -0.05) is 35.5 Å². The minimum atomic E-state index is -0.590. The summed E-state index contributed by atoms with van der Waals surface area (Å²) in [7, 11) is 3.16. The number of aromatic nitrogens is 3. The molecule has 0 bridgehead atoms. The van der Waals surface area contributed by atoms with Crippen LogP contribution in [-0.2, 0) is 11.8 Å². The number of ether oxygens (including phenoxy) is 1. The van der Waals surface area contributed by atoms with E-state index in [1.807, 2.05) is 0 Å². The predicted molar refractivity (Wildman–Crippen MR) is 145 cm³/mol. The van der Waals surface area contributed by atoms with E-state index in [1.165, 1.54) is 25.3 Å². The fraction of sp³-hybridized carbons (Fsp3) is 0.120. The molecule has 0 unspecified atom stereocenters. The molecule has 0 saturated heterocycles. The van der Waals surface area contributed by atoms with Crippen molar-refractivity contribution < 1.29 is 19.2 Å². The quantitative estimate of drug-likeness (QED) is 0.167. The van der Waals surface area contributed by atoms with Crippen molar-refractivity contribution in [3.63, 3.8) is 0 Å². The Hall–Kier alpha value is -4.42. The Morgan fingerprint density at radius 1 is 1.08 bits per heavy atom. The van der Waals surface area contributed by atoms with E-state index < -0.39 is 10.8 Å². The predicted octanol–water partition coefficient (Wildman–Crippen LogP) is 5.04. The number of hydrogen-bond acceptors (Lipinski definition) is 8. The van der Waals surface area contributed by atoms with Crippen LogP contribution in [0.25, 0.3) is 11.4 Å². The number of thioether (sulfide) groups is 1. The van der Waals surface area contributed by atoms with Gasteiger partial charge in [-0.15, -0.1) is 10.2 Å². The Bertz CT molecular complexity index is 1510. The fourth-order valence-electron chi connectivity index (χ4n) is 3.45. The smallest absolute Gasteiger partial charge is 0.296 e. The van der Waals surface area contributed by atoms with Crippen molar-refractivity contribution in [2.45, 2.75) is 5.16 Å². The van der Waals surface area contributed by atoms with E-state index in [-0.39, 0.29) is 23.0 Å². The highest BCUT2D eigenvalue weighted by Crippen LogP contribution is 2.30. The second kappa shape index (κ2) is 11.8. The molecule has 0 aliphatic rings. The van der Waals surface area contributed by atoms with Gasteiger partial charge in [0.15, 0.2) is 11.0 Å². The Kier molecular flexibility index (Phi) is 8.24. The summed E-state index contributed by atoms with van der Waals surface area (Å²) in [6, 6.07) is 18.0. The van der Waals surface area contributed by atoms with Crippen LogP contribution in [0.5, 0.6) is 5.75 Å². The van der Waals surface area contributed by atoms with Crippen molar-refractivity contribution in [2.75, 3.05) is 23.5 Å². The lowest BCUT2D eigenvalue weighted by Gasteiger charge is -2.08. The number of carbonyl (C=O) groups excluding carboxylic acids is 2. The first-order valence-electron chi connectivity index (χ1n) is 11.1. The molecule has 0 saturated carbocycles. The monoisotopic (exact) mass is 552 g/mol. The van der Waals surface area contributed by atoms with Crippen LogP contribution in [0.2, 0.25) is 5.02 Å². The van der Waals surface area contributed by atoms with Crippen molar-refractivity contribution in [1.82, 2.24) is 14.8 Å². The second-order valence-corrected chi connectivity index (χ2v) is 9.20. The summed E-state index contributed by atoms with van der Waals surface area (Å²) in [6.07, 6.45) is 0. The van der Waals surface area contributed by atoms with Crippen LogP contribution in [0.1, 0.15) is 10.4 Å². The highest BCUT2D eigenvalue weighted by Gasteiger charge is 2.19. The van der Waals surface area contributed by atoms with E-state index in [0.29, 0.717) is 33.0 Å². The Morgan fingerprint density at radius 2 is 1.82 bits per heavy atom. The van der Waals surface area contributed by atoms with Crippen LogP contribution < -0.4 is 15.4 Å². The summed E-state index contributed by atoms with van der Waals surface area (Å²) in [5, 5.41) is 25.9. The Labute approximate surface area is 226 Å². The molecular weight excluding hydrogens is 532 g/mol. The molecule has 0 fully saturated rings. The van der Waals surface area contributed by atoms with Crippen LogP contribution in [-0.4, -0.2) is 44.4 Å². The van der Waals surface area contributed by atoms with Gasteiger partial charge < -0.3 is 19.9 Å². The van der Waals surface area contributed by atoms with E-state index in [9.17, 15) is 19.7 Å². The average Bonchev–Trinajstić information content (AvgIpc) is 3.28. The molecule has 4 aromatic rings. The molecule has 1 aromatic heterocycles. The average molecular weight is 553 g/mol. The molecule has 1 heterocycles. The summed E-state index contributed by atoms with van der Waals surface area (Å²) in [6.45, 7) is 0. The van der Waals surface area contributed by atoms with Crippen molar-refractivity contribution >= 4 is 52.2 Å². The lowest BCUT2D eigenvalue weighted by atomic mass is 10.1. The van der Waals surface area contributed by atoms with Gasteiger partial charge >= 0.3 is 0 Å². The number of rotatable bonds is 9. The summed E-state index contributed by atoms with van der Waals surface area (Å²) in [5.74, 6) is 0.0714. The third kappa shape index (κ3) is 6.10. The zero-order chi connectivity index (χ0) is 27.2. The van der Waals surface area contributed by atoms with E-state index >= 15 is 0 Å². The fourth-order valence-corrected chi connectivity index (χ4v) is 4.38. The molecule has 2 N–H and O–H groups in total. The van der Waals surface area contributed by atoms with Gasteiger partial charge in [0.05, 0.1) is 34.4 Å². The van der Waals surface area contributed by atoms with Gasteiger partial charge in [-0.05, 0) is 48.5 Å². The number of nitro groups is 1. The van der Waals surface area contributed by atoms with Crippen molar-refractivity contribution in [1.29, 1.82) is 0 Å². The molecule has 11 nitrogen and oxygen atoms in total. The lowest BCUT2D eigenvalue weighted by molar-refractivity contribution is -0.384. The number of anilines is 2. The van der Waals surface area contributed by atoms with Crippen LogP contribution in [0.3, 0.4) is 0 Å². The molecule has 0 radical (unpaired) electrons. The van der Waals surface area contributed by atoms with E-state index in [0.717, 1.165) is 17.3 Å². The van der Waals surface area contributed by atoms with Crippen molar-refractivity contribution in [3.8, 4) is 17.1 Å². The topological polar surface area (TPSA) is 141 Å². The molecular formula is C25H21ClN6O5S. The highest BCUT2D eigenvalue weighted by molar-refractivity contribution is 7.99. The van der Waals surface area contributed by atoms with Gasteiger partial charge in [0.1, 0.15) is 11.4 Å². The first kappa shape index (κ1) is 26.6. The molecule has 4 rings (SSSR count). The van der Waals surface area contributed by atoms with E-state index in [1.54, 1.807) is 60.1 Å². The maximum absolute atomic E-state index is 12.5. The van der Waals surface area contributed by atoms with E-state index in [4.69, 9.17) is 16.3 Å². The van der Waals surface area contributed by atoms with Gasteiger partial charge in [0, 0.05) is 18.3 Å². The van der Waals surface area contributed by atoms with Crippen molar-refractivity contribution in [3.05, 3.63) is 87.4 Å². The number of benzene rings is 3. The summed E-state index contributed by atoms with van der Waals surface area (Å²) in [5.41, 5.74) is 1.51. The van der Waals surface area contributed by atoms with Crippen LogP contribution >= 0.6 is 23.4 Å². The van der Waals surface area contributed by atoms with Crippen molar-refractivity contribution in [2.24, 2.45) is 7.05 Å². The number of hydrogen-bond donors (Lipinski definition) is 2. The van der Waals surface area contributed by atoms with Gasteiger partial charge in [0.25, 0.3) is 11.6 Å². The van der Waals surface area contributed by atoms with Crippen LogP contribution in [0.4, 0.5) is 17.1 Å². The lowest BCUT2D eigenvalue weighted by Crippen LogP contribution is -2.15. The minimum absolute atomic E-state index is 0.0395. The van der Waals surface area contributed by atoms with Gasteiger partial charge in [-0.3, -0.25) is 19.7 Å². The molecule has 38 heavy (non-hydrogen) atoms. The van der Waals surface area contributed by atoms with Gasteiger partial charge in [0.2, 0.25) is 5.91 Å².